The fourth-order valence-corrected chi connectivity index (χ4v) is 1.34. The average Bonchev–Trinajstić information content (AvgIpc) is 1.97. The van der Waals surface area contributed by atoms with E-state index in [1.807, 2.05) is 0 Å². The molecule has 0 saturated heterocycles. The Hall–Kier alpha value is 0.310. The quantitative estimate of drug-likeness (QED) is 0.400. The van der Waals surface area contributed by atoms with Crippen LogP contribution in [0.25, 0.3) is 0 Å². The Morgan fingerprint density at radius 3 is 1.77 bits per heavy atom. The molecule has 2 heteroatoms. The zero-order chi connectivity index (χ0) is 10.5. The van der Waals surface area contributed by atoms with Gasteiger partial charge in [0.2, 0.25) is 0 Å². The summed E-state index contributed by atoms with van der Waals surface area (Å²) >= 11 is 3.86. The standard InChI is InChI=1S/C11H24OS/c1-10(2,3)8-6-7-9-11(4,5)12-13/h13H,6-9H2,1-5H3. The molecule has 0 radical (unpaired) electrons. The average molecular weight is 204 g/mol. The van der Waals surface area contributed by atoms with Gasteiger partial charge >= 0.3 is 0 Å². The summed E-state index contributed by atoms with van der Waals surface area (Å²) in [6.07, 6.45) is 4.89. The topological polar surface area (TPSA) is 9.23 Å². The van der Waals surface area contributed by atoms with Crippen LogP contribution in [0.5, 0.6) is 0 Å². The molecule has 0 unspecified atom stereocenters. The van der Waals surface area contributed by atoms with Crippen LogP contribution in [0.15, 0.2) is 0 Å². The lowest BCUT2D eigenvalue weighted by atomic mass is 9.88. The molecule has 0 amide bonds. The van der Waals surface area contributed by atoms with Crippen LogP contribution in [-0.2, 0) is 4.18 Å². The summed E-state index contributed by atoms with van der Waals surface area (Å²) in [7, 11) is 0. The van der Waals surface area contributed by atoms with Crippen LogP contribution >= 0.6 is 12.9 Å². The highest BCUT2D eigenvalue weighted by atomic mass is 32.1. The van der Waals surface area contributed by atoms with Crippen LogP contribution in [0.4, 0.5) is 0 Å². The van der Waals surface area contributed by atoms with E-state index in [0.29, 0.717) is 5.41 Å². The first-order valence-electron chi connectivity index (χ1n) is 5.09. The van der Waals surface area contributed by atoms with E-state index in [4.69, 9.17) is 4.18 Å². The predicted molar refractivity (Wildman–Crippen MR) is 62.1 cm³/mol. The monoisotopic (exact) mass is 204 g/mol. The van der Waals surface area contributed by atoms with Crippen LogP contribution in [-0.4, -0.2) is 5.60 Å². The fourth-order valence-electron chi connectivity index (χ4n) is 1.25. The molecular weight excluding hydrogens is 180 g/mol. The molecule has 0 aromatic rings. The summed E-state index contributed by atoms with van der Waals surface area (Å²) in [5, 5.41) is 0. The van der Waals surface area contributed by atoms with E-state index in [1.54, 1.807) is 0 Å². The Morgan fingerprint density at radius 1 is 0.923 bits per heavy atom. The van der Waals surface area contributed by atoms with Crippen LogP contribution in [0.2, 0.25) is 0 Å². The molecule has 0 aromatic carbocycles. The molecule has 0 aromatic heterocycles. The zero-order valence-corrected chi connectivity index (χ0v) is 10.6. The second-order valence-corrected chi connectivity index (χ2v) is 5.80. The maximum Gasteiger partial charge on any atom is 0.0769 e. The van der Waals surface area contributed by atoms with Gasteiger partial charge in [0.15, 0.2) is 0 Å². The Morgan fingerprint density at radius 2 is 1.38 bits per heavy atom. The number of hydrogen-bond acceptors (Lipinski definition) is 2. The third-order valence-corrected chi connectivity index (χ3v) is 2.70. The number of hydrogen-bond donors (Lipinski definition) is 1. The van der Waals surface area contributed by atoms with Crippen molar-refractivity contribution < 1.29 is 4.18 Å². The number of unbranched alkanes of at least 4 members (excludes halogenated alkanes) is 1. The Labute approximate surface area is 88.9 Å². The molecule has 0 heterocycles. The summed E-state index contributed by atoms with van der Waals surface area (Å²) in [6.45, 7) is 11.0. The van der Waals surface area contributed by atoms with Gasteiger partial charge in [-0.1, -0.05) is 33.6 Å². The molecule has 0 atom stereocenters. The van der Waals surface area contributed by atoms with Crippen molar-refractivity contribution in [1.29, 1.82) is 0 Å². The van der Waals surface area contributed by atoms with Crippen molar-refractivity contribution in [2.45, 2.75) is 65.9 Å². The van der Waals surface area contributed by atoms with E-state index in [9.17, 15) is 0 Å². The Kier molecular flexibility index (Phi) is 5.38. The summed E-state index contributed by atoms with van der Waals surface area (Å²) in [6, 6.07) is 0. The molecule has 0 spiro atoms. The SMILES string of the molecule is CC(C)(C)CCCCC(C)(C)OS. The first-order chi connectivity index (χ1) is 5.77. The van der Waals surface area contributed by atoms with Crippen LogP contribution in [0.3, 0.4) is 0 Å². The minimum Gasteiger partial charge on any atom is -0.313 e. The number of rotatable bonds is 5. The van der Waals surface area contributed by atoms with E-state index in [1.165, 1.54) is 19.3 Å². The zero-order valence-electron chi connectivity index (χ0n) is 9.68. The Bertz CT molecular complexity index is 136. The highest BCUT2D eigenvalue weighted by Gasteiger charge is 2.17. The third kappa shape index (κ3) is 8.63. The van der Waals surface area contributed by atoms with Gasteiger partial charge in [0.25, 0.3) is 0 Å². The smallest absolute Gasteiger partial charge is 0.0769 e. The van der Waals surface area contributed by atoms with Crippen molar-refractivity contribution in [3.8, 4) is 0 Å². The molecule has 0 aliphatic carbocycles. The van der Waals surface area contributed by atoms with Gasteiger partial charge in [-0.3, -0.25) is 0 Å². The van der Waals surface area contributed by atoms with Crippen molar-refractivity contribution in [2.24, 2.45) is 5.41 Å². The summed E-state index contributed by atoms with van der Waals surface area (Å²) in [4.78, 5) is 0. The second-order valence-electron chi connectivity index (χ2n) is 5.62. The minimum absolute atomic E-state index is 0.0685. The van der Waals surface area contributed by atoms with E-state index >= 15 is 0 Å². The summed E-state index contributed by atoms with van der Waals surface area (Å²) in [5.41, 5.74) is 0.396. The molecule has 0 bridgehead atoms. The van der Waals surface area contributed by atoms with Crippen LogP contribution in [0, 0.1) is 5.41 Å². The Balaban J connectivity index is 3.47. The van der Waals surface area contributed by atoms with E-state index in [2.05, 4.69) is 47.5 Å². The third-order valence-electron chi connectivity index (χ3n) is 2.20. The van der Waals surface area contributed by atoms with E-state index in [0.717, 1.165) is 6.42 Å². The number of thiol groups is 1. The first kappa shape index (κ1) is 13.3. The lowest BCUT2D eigenvalue weighted by Crippen LogP contribution is -2.19. The highest BCUT2D eigenvalue weighted by molar-refractivity contribution is 7.75. The van der Waals surface area contributed by atoms with Crippen LogP contribution < -0.4 is 0 Å². The highest BCUT2D eigenvalue weighted by Crippen LogP contribution is 2.25. The molecule has 80 valence electrons. The van der Waals surface area contributed by atoms with Gasteiger partial charge in [-0.25, -0.2) is 0 Å². The lowest BCUT2D eigenvalue weighted by molar-refractivity contribution is 0.127. The van der Waals surface area contributed by atoms with Crippen molar-refractivity contribution in [2.75, 3.05) is 0 Å². The van der Waals surface area contributed by atoms with Crippen molar-refractivity contribution in [3.63, 3.8) is 0 Å². The molecule has 0 aliphatic rings. The second kappa shape index (κ2) is 5.26. The molecule has 1 nitrogen and oxygen atoms in total. The van der Waals surface area contributed by atoms with Crippen molar-refractivity contribution in [1.82, 2.24) is 0 Å². The maximum absolute atomic E-state index is 5.06. The predicted octanol–water partition coefficient (Wildman–Crippen LogP) is 4.23. The largest absolute Gasteiger partial charge is 0.313 e. The molecule has 0 N–H and O–H groups in total. The minimum atomic E-state index is -0.0685. The fraction of sp³-hybridized carbons (Fsp3) is 1.00. The van der Waals surface area contributed by atoms with Crippen molar-refractivity contribution >= 4 is 12.9 Å². The normalized spacial score (nSPS) is 13.4. The van der Waals surface area contributed by atoms with Crippen LogP contribution in [0.1, 0.15) is 60.3 Å². The molecule has 13 heavy (non-hydrogen) atoms. The molecule has 0 rings (SSSR count). The van der Waals surface area contributed by atoms with Crippen molar-refractivity contribution in [3.05, 3.63) is 0 Å². The van der Waals surface area contributed by atoms with Gasteiger partial charge in [0, 0.05) is 0 Å². The van der Waals surface area contributed by atoms with Gasteiger partial charge in [0.1, 0.15) is 0 Å². The van der Waals surface area contributed by atoms with E-state index in [-0.39, 0.29) is 5.60 Å². The molecule has 0 aliphatic heterocycles. The molecule has 0 fully saturated rings. The summed E-state index contributed by atoms with van der Waals surface area (Å²) < 4.78 is 5.06. The van der Waals surface area contributed by atoms with Gasteiger partial charge in [-0.05, 0) is 45.0 Å². The first-order valence-corrected chi connectivity index (χ1v) is 5.46. The van der Waals surface area contributed by atoms with E-state index < -0.39 is 0 Å². The van der Waals surface area contributed by atoms with Gasteiger partial charge in [0.05, 0.1) is 5.60 Å². The lowest BCUT2D eigenvalue weighted by Gasteiger charge is -2.23. The molecule has 0 saturated carbocycles. The van der Waals surface area contributed by atoms with Gasteiger partial charge < -0.3 is 4.18 Å². The maximum atomic E-state index is 5.06. The van der Waals surface area contributed by atoms with Gasteiger partial charge in [-0.2, -0.15) is 0 Å². The van der Waals surface area contributed by atoms with Gasteiger partial charge in [-0.15, -0.1) is 0 Å². The molecular formula is C11H24OS. The summed E-state index contributed by atoms with van der Waals surface area (Å²) in [5.74, 6) is 0.